The first-order valence-corrected chi connectivity index (χ1v) is 13.8. The molecular formula is C32H34F6N2O. The molecule has 2 atom stereocenters. The molecule has 0 saturated heterocycles. The second-order valence-corrected chi connectivity index (χ2v) is 13.9. The number of hydrogen-bond donors (Lipinski definition) is 1. The van der Waals surface area contributed by atoms with E-state index in [-0.39, 0.29) is 28.0 Å². The van der Waals surface area contributed by atoms with Gasteiger partial charge in [0.05, 0.1) is 11.4 Å². The Morgan fingerprint density at radius 1 is 0.707 bits per heavy atom. The fraction of sp³-hybridized carbons (Fsp3) is 0.500. The third kappa shape index (κ3) is 4.01. The number of likely N-dealkylation sites (N-methyl/N-ethyl adjacent to an activating group) is 2. The molecule has 1 fully saturated rings. The zero-order valence-corrected chi connectivity index (χ0v) is 23.9. The molecule has 9 heteroatoms. The minimum Gasteiger partial charge on any atom is -0.507 e. The van der Waals surface area contributed by atoms with E-state index >= 15 is 0 Å². The van der Waals surface area contributed by atoms with Crippen molar-refractivity contribution in [2.45, 2.75) is 76.8 Å². The van der Waals surface area contributed by atoms with Crippen LogP contribution in [0.1, 0.15) is 58.1 Å². The van der Waals surface area contributed by atoms with Crippen molar-refractivity contribution < 1.29 is 31.4 Å². The third-order valence-electron chi connectivity index (χ3n) is 9.52. The maximum absolute atomic E-state index is 14.2. The van der Waals surface area contributed by atoms with Crippen LogP contribution in [0.15, 0.2) is 42.5 Å². The molecule has 0 bridgehead atoms. The van der Waals surface area contributed by atoms with Crippen LogP contribution in [0.25, 0.3) is 21.9 Å². The summed E-state index contributed by atoms with van der Waals surface area (Å²) >= 11 is 0. The summed E-state index contributed by atoms with van der Waals surface area (Å²) in [6.07, 6.45) is -7.60. The highest BCUT2D eigenvalue weighted by molar-refractivity contribution is 6.08. The van der Waals surface area contributed by atoms with Crippen molar-refractivity contribution in [1.29, 1.82) is 0 Å². The lowest BCUT2D eigenvalue weighted by Gasteiger charge is -2.51. The number of benzene rings is 3. The van der Waals surface area contributed by atoms with Crippen molar-refractivity contribution in [3.05, 3.63) is 53.6 Å². The summed E-state index contributed by atoms with van der Waals surface area (Å²) in [5, 5.41) is 12.3. The Hall–Kier alpha value is -3.10. The number of phenolic OH excluding ortho intramolecular Hbond substituents is 1. The molecule has 0 radical (unpaired) electrons. The molecule has 6 rings (SSSR count). The summed E-state index contributed by atoms with van der Waals surface area (Å²) < 4.78 is 84.9. The Balaban J connectivity index is 1.67. The SMILES string of the molecule is CN1c2cc3c(O)cc4c(c3cc2N(C)C(C(F)(F)F)C1C(F)(F)F)-c1ccccc1C41CC(C)(C)CC(C)(C)C1. The molecule has 1 N–H and O–H groups in total. The number of fused-ring (bicyclic) bond motifs is 8. The molecule has 0 amide bonds. The molecule has 2 unspecified atom stereocenters. The minimum absolute atomic E-state index is 0.0148. The number of rotatable bonds is 0. The largest absolute Gasteiger partial charge is 0.507 e. The van der Waals surface area contributed by atoms with E-state index in [0.29, 0.717) is 20.6 Å². The van der Waals surface area contributed by atoms with Crippen molar-refractivity contribution in [3.63, 3.8) is 0 Å². The number of aromatic hydroxyl groups is 1. The second kappa shape index (κ2) is 8.26. The summed E-state index contributed by atoms with van der Waals surface area (Å²) in [6, 6.07) is 7.11. The summed E-state index contributed by atoms with van der Waals surface area (Å²) in [5.41, 5.74) is 3.40. The number of nitrogens with zero attached hydrogens (tertiary/aromatic N) is 2. The van der Waals surface area contributed by atoms with Crippen LogP contribution in [0.4, 0.5) is 37.7 Å². The molecule has 1 spiro atoms. The van der Waals surface area contributed by atoms with Gasteiger partial charge in [-0.15, -0.1) is 0 Å². The van der Waals surface area contributed by atoms with Crippen LogP contribution in [0.5, 0.6) is 5.75 Å². The molecule has 1 saturated carbocycles. The lowest BCUT2D eigenvalue weighted by Crippen LogP contribution is -2.65. The average Bonchev–Trinajstić information content (AvgIpc) is 3.05. The lowest BCUT2D eigenvalue weighted by atomic mass is 9.52. The van der Waals surface area contributed by atoms with Gasteiger partial charge in [0, 0.05) is 24.9 Å². The minimum atomic E-state index is -5.14. The Labute approximate surface area is 235 Å². The van der Waals surface area contributed by atoms with Gasteiger partial charge in [0.1, 0.15) is 5.75 Å². The second-order valence-electron chi connectivity index (χ2n) is 13.9. The molecule has 41 heavy (non-hydrogen) atoms. The third-order valence-corrected chi connectivity index (χ3v) is 9.52. The van der Waals surface area contributed by atoms with Gasteiger partial charge in [0.2, 0.25) is 0 Å². The highest BCUT2D eigenvalue weighted by Crippen LogP contribution is 2.65. The Bertz CT molecular complexity index is 1560. The van der Waals surface area contributed by atoms with Gasteiger partial charge in [-0.3, -0.25) is 0 Å². The number of alkyl halides is 6. The molecule has 1 aliphatic heterocycles. The van der Waals surface area contributed by atoms with Crippen molar-refractivity contribution in [3.8, 4) is 16.9 Å². The lowest BCUT2D eigenvalue weighted by molar-refractivity contribution is -0.207. The van der Waals surface area contributed by atoms with Gasteiger partial charge >= 0.3 is 12.4 Å². The quantitative estimate of drug-likeness (QED) is 0.271. The van der Waals surface area contributed by atoms with Crippen LogP contribution in [-0.4, -0.2) is 43.6 Å². The van der Waals surface area contributed by atoms with Gasteiger partial charge in [-0.2, -0.15) is 26.3 Å². The fourth-order valence-corrected chi connectivity index (χ4v) is 8.94. The number of anilines is 2. The van der Waals surface area contributed by atoms with Crippen LogP contribution >= 0.6 is 0 Å². The van der Waals surface area contributed by atoms with E-state index in [4.69, 9.17) is 0 Å². The monoisotopic (exact) mass is 576 g/mol. The molecule has 3 aromatic carbocycles. The first-order chi connectivity index (χ1) is 18.8. The Morgan fingerprint density at radius 3 is 1.71 bits per heavy atom. The van der Waals surface area contributed by atoms with Crippen LogP contribution < -0.4 is 9.80 Å². The summed E-state index contributed by atoms with van der Waals surface area (Å²) in [5.74, 6) is -0.0903. The first-order valence-electron chi connectivity index (χ1n) is 13.8. The molecule has 2 aliphatic carbocycles. The number of hydrogen-bond acceptors (Lipinski definition) is 3. The molecule has 220 valence electrons. The molecule has 1 heterocycles. The van der Waals surface area contributed by atoms with E-state index < -0.39 is 29.9 Å². The van der Waals surface area contributed by atoms with E-state index in [2.05, 4.69) is 33.8 Å². The van der Waals surface area contributed by atoms with Gasteiger partial charge < -0.3 is 14.9 Å². The molecule has 3 aliphatic rings. The standard InChI is InChI=1S/C32H34F6N2O/c1-28(2)14-29(3,4)16-30(15-28)20-10-8-7-9-17(20)25-19-12-23-22(11-18(19)24(41)13-21(25)30)39(5)26(31(33,34)35)27(40(23)6)32(36,37)38/h7-13,26-27,41H,14-16H2,1-6H3. The predicted molar refractivity (Wildman–Crippen MR) is 150 cm³/mol. The summed E-state index contributed by atoms with van der Waals surface area (Å²) in [6.45, 7) is 8.97. The van der Waals surface area contributed by atoms with Gasteiger partial charge in [-0.05, 0) is 75.9 Å². The highest BCUT2D eigenvalue weighted by Gasteiger charge is 2.61. The van der Waals surface area contributed by atoms with Crippen molar-refractivity contribution >= 4 is 22.1 Å². The Kier molecular flexibility index (Phi) is 5.65. The zero-order valence-electron chi connectivity index (χ0n) is 23.9. The topological polar surface area (TPSA) is 26.7 Å². The molecule has 3 aromatic rings. The van der Waals surface area contributed by atoms with Crippen LogP contribution in [-0.2, 0) is 5.41 Å². The normalized spacial score (nSPS) is 24.4. The molecular weight excluding hydrogens is 542 g/mol. The van der Waals surface area contributed by atoms with Crippen molar-refractivity contribution in [2.75, 3.05) is 23.9 Å². The zero-order chi connectivity index (χ0) is 30.1. The van der Waals surface area contributed by atoms with E-state index in [9.17, 15) is 31.4 Å². The van der Waals surface area contributed by atoms with Crippen LogP contribution in [0.3, 0.4) is 0 Å². The smallest absolute Gasteiger partial charge is 0.411 e. The van der Waals surface area contributed by atoms with E-state index in [1.165, 1.54) is 6.07 Å². The number of phenols is 1. The maximum Gasteiger partial charge on any atom is 0.411 e. The fourth-order valence-electron chi connectivity index (χ4n) is 8.94. The van der Waals surface area contributed by atoms with Crippen LogP contribution in [0.2, 0.25) is 0 Å². The Morgan fingerprint density at radius 2 is 1.20 bits per heavy atom. The predicted octanol–water partition coefficient (Wildman–Crippen LogP) is 8.80. The van der Waals surface area contributed by atoms with Crippen LogP contribution in [0, 0.1) is 10.8 Å². The van der Waals surface area contributed by atoms with Crippen molar-refractivity contribution in [1.82, 2.24) is 0 Å². The summed E-state index contributed by atoms with van der Waals surface area (Å²) in [4.78, 5) is 1.36. The molecule has 3 nitrogen and oxygen atoms in total. The van der Waals surface area contributed by atoms with Gasteiger partial charge in [0.25, 0.3) is 0 Å². The van der Waals surface area contributed by atoms with Gasteiger partial charge in [0.15, 0.2) is 12.1 Å². The molecule has 0 aromatic heterocycles. The van der Waals surface area contributed by atoms with Crippen molar-refractivity contribution in [2.24, 2.45) is 10.8 Å². The van der Waals surface area contributed by atoms with Gasteiger partial charge in [-0.25, -0.2) is 0 Å². The highest BCUT2D eigenvalue weighted by atomic mass is 19.4. The van der Waals surface area contributed by atoms with E-state index in [0.717, 1.165) is 55.6 Å². The summed E-state index contributed by atoms with van der Waals surface area (Å²) in [7, 11) is 2.11. The van der Waals surface area contributed by atoms with Gasteiger partial charge in [-0.1, -0.05) is 52.0 Å². The maximum atomic E-state index is 14.2. The van der Waals surface area contributed by atoms with E-state index in [1.807, 2.05) is 18.2 Å². The number of halogens is 6. The average molecular weight is 577 g/mol. The first kappa shape index (κ1) is 28.0. The van der Waals surface area contributed by atoms with E-state index in [1.54, 1.807) is 12.1 Å².